The van der Waals surface area contributed by atoms with Gasteiger partial charge in [-0.3, -0.25) is 4.98 Å². The number of halogens is 6. The van der Waals surface area contributed by atoms with Crippen molar-refractivity contribution in [3.8, 4) is 16.9 Å². The molecule has 0 radical (unpaired) electrons. The van der Waals surface area contributed by atoms with Crippen LogP contribution in [-0.2, 0) is 12.4 Å². The molecule has 0 spiro atoms. The van der Waals surface area contributed by atoms with E-state index in [0.717, 1.165) is 5.39 Å². The van der Waals surface area contributed by atoms with Gasteiger partial charge in [0.1, 0.15) is 5.75 Å². The van der Waals surface area contributed by atoms with Crippen LogP contribution in [0.5, 0.6) is 5.75 Å². The van der Waals surface area contributed by atoms with Crippen LogP contribution in [0.4, 0.5) is 26.3 Å². The largest absolute Gasteiger partial charge is 0.496 e. The van der Waals surface area contributed by atoms with Crippen LogP contribution < -0.4 is 4.74 Å². The summed E-state index contributed by atoms with van der Waals surface area (Å²) in [7, 11) is 1.30. The van der Waals surface area contributed by atoms with Gasteiger partial charge in [-0.15, -0.1) is 0 Å². The molecule has 2 aromatic heterocycles. The predicted octanol–water partition coefficient (Wildman–Crippen LogP) is 6.74. The zero-order chi connectivity index (χ0) is 21.8. The smallest absolute Gasteiger partial charge is 0.416 e. The Kier molecular flexibility index (Phi) is 4.44. The third kappa shape index (κ3) is 3.24. The predicted molar refractivity (Wildman–Crippen MR) is 100 cm³/mol. The quantitative estimate of drug-likeness (QED) is 0.362. The number of alkyl halides is 6. The van der Waals surface area contributed by atoms with Crippen LogP contribution in [0, 0.1) is 6.92 Å². The van der Waals surface area contributed by atoms with Crippen molar-refractivity contribution in [2.24, 2.45) is 0 Å². The van der Waals surface area contributed by atoms with Crippen LogP contribution in [0.25, 0.3) is 32.9 Å². The van der Waals surface area contributed by atoms with Gasteiger partial charge in [-0.1, -0.05) is 0 Å². The third-order valence-corrected chi connectivity index (χ3v) is 4.94. The number of methoxy groups -OCH3 is 1. The molecule has 0 saturated heterocycles. The summed E-state index contributed by atoms with van der Waals surface area (Å²) in [5.74, 6) is 0.145. The highest BCUT2D eigenvalue weighted by atomic mass is 19.4. The first-order valence-corrected chi connectivity index (χ1v) is 8.74. The number of aromatic nitrogens is 2. The number of aryl methyl sites for hydroxylation is 1. The van der Waals surface area contributed by atoms with Gasteiger partial charge in [-0.05, 0) is 48.9 Å². The molecule has 0 unspecified atom stereocenters. The first-order chi connectivity index (χ1) is 14.0. The molecule has 0 aliphatic rings. The highest BCUT2D eigenvalue weighted by molar-refractivity contribution is 6.13. The molecule has 0 saturated carbocycles. The summed E-state index contributed by atoms with van der Waals surface area (Å²) in [6.07, 6.45) is -8.31. The van der Waals surface area contributed by atoms with Crippen molar-refractivity contribution >= 4 is 21.8 Å². The lowest BCUT2D eigenvalue weighted by Crippen LogP contribution is -2.11. The van der Waals surface area contributed by atoms with Crippen LogP contribution >= 0.6 is 0 Å². The SMILES string of the molecule is COc1ccc2c([nH]c3c(C)nccc32)c1-c1cc(C(F)(F)F)cc(C(F)(F)F)c1. The average molecular weight is 424 g/mol. The van der Waals surface area contributed by atoms with Gasteiger partial charge in [0.25, 0.3) is 0 Å². The van der Waals surface area contributed by atoms with Crippen molar-refractivity contribution in [1.82, 2.24) is 9.97 Å². The minimum absolute atomic E-state index is 0.107. The van der Waals surface area contributed by atoms with E-state index in [-0.39, 0.29) is 22.9 Å². The fourth-order valence-electron chi connectivity index (χ4n) is 3.57. The van der Waals surface area contributed by atoms with Gasteiger partial charge in [0.05, 0.1) is 35.0 Å². The lowest BCUT2D eigenvalue weighted by Gasteiger charge is -2.16. The molecule has 3 nitrogen and oxygen atoms in total. The molecular formula is C21H14F6N2O. The Hall–Kier alpha value is -3.23. The Labute approximate surface area is 166 Å². The molecule has 0 amide bonds. The molecule has 2 aromatic carbocycles. The zero-order valence-electron chi connectivity index (χ0n) is 15.7. The number of hydrogen-bond acceptors (Lipinski definition) is 2. The number of nitrogens with one attached hydrogen (secondary N) is 1. The molecule has 0 aliphatic heterocycles. The van der Waals surface area contributed by atoms with E-state index in [9.17, 15) is 26.3 Å². The molecule has 0 bridgehead atoms. The third-order valence-electron chi connectivity index (χ3n) is 4.94. The Bertz CT molecular complexity index is 1240. The Morgan fingerprint density at radius 2 is 1.43 bits per heavy atom. The van der Waals surface area contributed by atoms with Crippen molar-refractivity contribution < 1.29 is 31.1 Å². The number of hydrogen-bond donors (Lipinski definition) is 1. The number of pyridine rings is 1. The fraction of sp³-hybridized carbons (Fsp3) is 0.190. The molecular weight excluding hydrogens is 410 g/mol. The number of ether oxygens (including phenoxy) is 1. The molecule has 2 heterocycles. The van der Waals surface area contributed by atoms with Crippen LogP contribution in [0.1, 0.15) is 16.8 Å². The van der Waals surface area contributed by atoms with E-state index >= 15 is 0 Å². The van der Waals surface area contributed by atoms with E-state index in [1.807, 2.05) is 0 Å². The van der Waals surface area contributed by atoms with Gasteiger partial charge in [-0.25, -0.2) is 0 Å². The molecule has 1 N–H and O–H groups in total. The van der Waals surface area contributed by atoms with E-state index < -0.39 is 23.5 Å². The monoisotopic (exact) mass is 424 g/mol. The van der Waals surface area contributed by atoms with Crippen molar-refractivity contribution in [3.05, 3.63) is 59.4 Å². The van der Waals surface area contributed by atoms with E-state index in [2.05, 4.69) is 9.97 Å². The van der Waals surface area contributed by atoms with Crippen LogP contribution in [-0.4, -0.2) is 17.1 Å². The summed E-state index contributed by atoms with van der Waals surface area (Å²) in [5.41, 5.74) is -1.26. The number of fused-ring (bicyclic) bond motifs is 3. The second-order valence-corrected chi connectivity index (χ2v) is 6.80. The Morgan fingerprint density at radius 1 is 0.833 bits per heavy atom. The number of benzene rings is 2. The zero-order valence-corrected chi connectivity index (χ0v) is 15.7. The summed E-state index contributed by atoms with van der Waals surface area (Å²) in [6, 6.07) is 6.45. The molecule has 0 aliphatic carbocycles. The van der Waals surface area contributed by atoms with Gasteiger partial charge < -0.3 is 9.72 Å². The van der Waals surface area contributed by atoms with Gasteiger partial charge in [-0.2, -0.15) is 26.3 Å². The lowest BCUT2D eigenvalue weighted by atomic mass is 9.96. The number of H-pyrrole nitrogens is 1. The normalized spacial score (nSPS) is 12.7. The summed E-state index contributed by atoms with van der Waals surface area (Å²) < 4.78 is 85.4. The lowest BCUT2D eigenvalue weighted by molar-refractivity contribution is -0.143. The number of rotatable bonds is 2. The van der Waals surface area contributed by atoms with Gasteiger partial charge in [0.2, 0.25) is 0 Å². The standard InChI is InChI=1S/C21H14F6N2O/c1-10-18-15(5-6-28-10)14-3-4-16(30-2)17(19(14)29-18)11-7-12(20(22,23)24)9-13(8-11)21(25,26)27/h3-9,29H,1-2H3. The molecule has 30 heavy (non-hydrogen) atoms. The van der Waals surface area contributed by atoms with E-state index in [4.69, 9.17) is 4.74 Å². The van der Waals surface area contributed by atoms with Crippen molar-refractivity contribution in [2.45, 2.75) is 19.3 Å². The fourth-order valence-corrected chi connectivity index (χ4v) is 3.57. The number of nitrogens with zero attached hydrogens (tertiary/aromatic N) is 1. The second-order valence-electron chi connectivity index (χ2n) is 6.80. The maximum atomic E-state index is 13.4. The van der Waals surface area contributed by atoms with E-state index in [1.54, 1.807) is 25.3 Å². The molecule has 0 atom stereocenters. The summed E-state index contributed by atoms with van der Waals surface area (Å²) >= 11 is 0. The summed E-state index contributed by atoms with van der Waals surface area (Å²) in [4.78, 5) is 7.28. The van der Waals surface area contributed by atoms with E-state index in [1.165, 1.54) is 13.2 Å². The maximum Gasteiger partial charge on any atom is 0.416 e. The highest BCUT2D eigenvalue weighted by Crippen LogP contribution is 2.44. The summed E-state index contributed by atoms with van der Waals surface area (Å²) in [6.45, 7) is 1.75. The number of aromatic amines is 1. The first-order valence-electron chi connectivity index (χ1n) is 8.74. The minimum atomic E-state index is -4.95. The first kappa shape index (κ1) is 20.1. The minimum Gasteiger partial charge on any atom is -0.496 e. The van der Waals surface area contributed by atoms with Crippen LogP contribution in [0.3, 0.4) is 0 Å². The molecule has 4 rings (SSSR count). The van der Waals surface area contributed by atoms with Crippen molar-refractivity contribution in [1.29, 1.82) is 0 Å². The second kappa shape index (κ2) is 6.65. The van der Waals surface area contributed by atoms with Crippen molar-refractivity contribution in [2.75, 3.05) is 7.11 Å². The molecule has 156 valence electrons. The van der Waals surface area contributed by atoms with Crippen LogP contribution in [0.2, 0.25) is 0 Å². The maximum absolute atomic E-state index is 13.4. The average Bonchev–Trinajstić information content (AvgIpc) is 3.05. The van der Waals surface area contributed by atoms with Crippen LogP contribution in [0.15, 0.2) is 42.6 Å². The topological polar surface area (TPSA) is 37.9 Å². The van der Waals surface area contributed by atoms with Gasteiger partial charge >= 0.3 is 12.4 Å². The Morgan fingerprint density at radius 3 is 2.00 bits per heavy atom. The highest BCUT2D eigenvalue weighted by Gasteiger charge is 2.37. The van der Waals surface area contributed by atoms with Gasteiger partial charge in [0, 0.05) is 22.5 Å². The molecule has 0 fully saturated rings. The Balaban J connectivity index is 2.12. The van der Waals surface area contributed by atoms with E-state index in [0.29, 0.717) is 34.2 Å². The molecule has 4 aromatic rings. The van der Waals surface area contributed by atoms with Crippen molar-refractivity contribution in [3.63, 3.8) is 0 Å². The van der Waals surface area contributed by atoms with Gasteiger partial charge in [0.15, 0.2) is 0 Å². The molecule has 9 heteroatoms. The summed E-state index contributed by atoms with van der Waals surface area (Å²) in [5, 5.41) is 1.39.